The highest BCUT2D eigenvalue weighted by Crippen LogP contribution is 2.02. The van der Waals surface area contributed by atoms with E-state index in [9.17, 15) is 0 Å². The molecule has 0 aliphatic carbocycles. The highest BCUT2D eigenvalue weighted by Gasteiger charge is 1.90. The normalized spacial score (nSPS) is 12.1. The quantitative estimate of drug-likeness (QED) is 0.607. The lowest BCUT2D eigenvalue weighted by Crippen LogP contribution is -2.11. The average molecular weight is 263 g/mol. The van der Waals surface area contributed by atoms with Crippen molar-refractivity contribution in [1.82, 2.24) is 5.32 Å². The van der Waals surface area contributed by atoms with E-state index in [1.807, 2.05) is 23.2 Å². The van der Waals surface area contributed by atoms with Crippen molar-refractivity contribution in [2.45, 2.75) is 13.8 Å². The lowest BCUT2D eigenvalue weighted by Gasteiger charge is -2.05. The molecule has 1 N–H and O–H groups in total. The molecule has 0 aromatic heterocycles. The zero-order chi connectivity index (χ0) is 8.69. The van der Waals surface area contributed by atoms with Gasteiger partial charge in [0.05, 0.1) is 0 Å². The molecule has 0 unspecified atom stereocenters. The van der Waals surface area contributed by atoms with E-state index < -0.39 is 0 Å². The number of likely N-dealkylation sites (N-methyl/N-ethyl adjacent to an activating group) is 1. The molecule has 0 fully saturated rings. The summed E-state index contributed by atoms with van der Waals surface area (Å²) in [5.74, 6) is 0. The van der Waals surface area contributed by atoms with Gasteiger partial charge in [0.15, 0.2) is 0 Å². The van der Waals surface area contributed by atoms with Crippen molar-refractivity contribution in [2.75, 3.05) is 6.54 Å². The Hall–Kier alpha value is -0.250. The van der Waals surface area contributed by atoms with E-state index in [2.05, 4.69) is 41.4 Å². The summed E-state index contributed by atoms with van der Waals surface area (Å²) in [6.45, 7) is 8.92. The van der Waals surface area contributed by atoms with Crippen LogP contribution in [0.4, 0.5) is 0 Å². The van der Waals surface area contributed by atoms with Crippen LogP contribution in [0.15, 0.2) is 34.1 Å². The molecule has 0 aliphatic heterocycles. The van der Waals surface area contributed by atoms with E-state index in [4.69, 9.17) is 0 Å². The molecule has 11 heavy (non-hydrogen) atoms. The fourth-order valence-electron chi connectivity index (χ4n) is 0.634. The molecule has 0 radical (unpaired) electrons. The van der Waals surface area contributed by atoms with E-state index in [-0.39, 0.29) is 0 Å². The van der Waals surface area contributed by atoms with Gasteiger partial charge in [0.1, 0.15) is 0 Å². The Morgan fingerprint density at radius 2 is 2.27 bits per heavy atom. The van der Waals surface area contributed by atoms with Gasteiger partial charge < -0.3 is 5.32 Å². The first-order chi connectivity index (χ1) is 5.22. The topological polar surface area (TPSA) is 12.0 Å². The van der Waals surface area contributed by atoms with Crippen LogP contribution < -0.4 is 5.32 Å². The predicted molar refractivity (Wildman–Crippen MR) is 59.7 cm³/mol. The largest absolute Gasteiger partial charge is 0.386 e. The van der Waals surface area contributed by atoms with Crippen molar-refractivity contribution in [2.24, 2.45) is 0 Å². The first-order valence-electron chi connectivity index (χ1n) is 3.59. The molecular formula is C9H14IN. The van der Waals surface area contributed by atoms with Gasteiger partial charge in [-0.05, 0) is 23.5 Å². The predicted octanol–water partition coefficient (Wildman–Crippen LogP) is 3.00. The zero-order valence-electron chi connectivity index (χ0n) is 7.02. The summed E-state index contributed by atoms with van der Waals surface area (Å²) in [6.07, 6.45) is 4.04. The van der Waals surface area contributed by atoms with Crippen LogP contribution in [-0.2, 0) is 0 Å². The second kappa shape index (κ2) is 6.46. The average Bonchev–Trinajstić information content (AvgIpc) is 2.00. The van der Waals surface area contributed by atoms with E-state index in [1.165, 1.54) is 5.57 Å². The zero-order valence-corrected chi connectivity index (χ0v) is 9.18. The van der Waals surface area contributed by atoms with Crippen LogP contribution >= 0.6 is 22.6 Å². The monoisotopic (exact) mass is 263 g/mol. The summed E-state index contributed by atoms with van der Waals surface area (Å²) < 4.78 is 1.97. The van der Waals surface area contributed by atoms with Crippen molar-refractivity contribution in [3.8, 4) is 0 Å². The van der Waals surface area contributed by atoms with Crippen LogP contribution in [0.2, 0.25) is 0 Å². The van der Waals surface area contributed by atoms with Gasteiger partial charge in [0, 0.05) is 12.2 Å². The van der Waals surface area contributed by atoms with Gasteiger partial charge in [-0.1, -0.05) is 41.3 Å². The van der Waals surface area contributed by atoms with Crippen LogP contribution in [0.1, 0.15) is 13.8 Å². The molecule has 0 heterocycles. The Bertz CT molecular complexity index is 180. The van der Waals surface area contributed by atoms with Gasteiger partial charge in [-0.25, -0.2) is 0 Å². The molecule has 0 rings (SSSR count). The molecule has 0 amide bonds. The van der Waals surface area contributed by atoms with Crippen molar-refractivity contribution in [1.29, 1.82) is 0 Å². The van der Waals surface area contributed by atoms with Crippen molar-refractivity contribution < 1.29 is 0 Å². The third kappa shape index (κ3) is 5.07. The maximum Gasteiger partial charge on any atom is 0.0296 e. The second-order valence-corrected chi connectivity index (χ2v) is 2.90. The number of rotatable bonds is 4. The third-order valence-electron chi connectivity index (χ3n) is 1.29. The summed E-state index contributed by atoms with van der Waals surface area (Å²) in [7, 11) is 0. The van der Waals surface area contributed by atoms with Gasteiger partial charge in [-0.2, -0.15) is 0 Å². The van der Waals surface area contributed by atoms with Gasteiger partial charge in [-0.3, -0.25) is 0 Å². The van der Waals surface area contributed by atoms with Gasteiger partial charge in [0.25, 0.3) is 0 Å². The molecule has 0 saturated heterocycles. The van der Waals surface area contributed by atoms with Crippen LogP contribution in [0.5, 0.6) is 0 Å². The van der Waals surface area contributed by atoms with Crippen LogP contribution in [0.25, 0.3) is 0 Å². The molecule has 1 nitrogen and oxygen atoms in total. The molecule has 0 aliphatic rings. The molecular weight excluding hydrogens is 249 g/mol. The first kappa shape index (κ1) is 10.8. The minimum Gasteiger partial charge on any atom is -0.386 e. The number of halogens is 1. The standard InChI is InChI=1S/C9H14IN/c1-4-11-9(3)8(2)6-5-7-10/h5-7,11H,3-4H2,1-2H3/b7-5+,8-6-. The Labute approximate surface area is 82.4 Å². The molecule has 2 heteroatoms. The first-order valence-corrected chi connectivity index (χ1v) is 4.83. The van der Waals surface area contributed by atoms with E-state index in [1.54, 1.807) is 0 Å². The maximum atomic E-state index is 3.88. The van der Waals surface area contributed by atoms with E-state index in [0.717, 1.165) is 12.2 Å². The molecule has 0 spiro atoms. The van der Waals surface area contributed by atoms with Gasteiger partial charge >= 0.3 is 0 Å². The molecule has 0 aromatic rings. The molecule has 0 atom stereocenters. The van der Waals surface area contributed by atoms with Crippen molar-refractivity contribution >= 4 is 22.6 Å². The van der Waals surface area contributed by atoms with Crippen molar-refractivity contribution in [3.05, 3.63) is 34.1 Å². The fraction of sp³-hybridized carbons (Fsp3) is 0.333. The lowest BCUT2D eigenvalue weighted by molar-refractivity contribution is 0.866. The summed E-state index contributed by atoms with van der Waals surface area (Å²) in [5.41, 5.74) is 2.18. The number of hydrogen-bond donors (Lipinski definition) is 1. The molecule has 0 bridgehead atoms. The Morgan fingerprint density at radius 3 is 2.73 bits per heavy atom. The van der Waals surface area contributed by atoms with Crippen LogP contribution in [0.3, 0.4) is 0 Å². The van der Waals surface area contributed by atoms with Crippen molar-refractivity contribution in [3.63, 3.8) is 0 Å². The number of nitrogens with one attached hydrogen (secondary N) is 1. The summed E-state index contributed by atoms with van der Waals surface area (Å²) in [6, 6.07) is 0. The number of allylic oxidation sites excluding steroid dienone is 3. The lowest BCUT2D eigenvalue weighted by atomic mass is 10.2. The second-order valence-electron chi connectivity index (χ2n) is 2.18. The van der Waals surface area contributed by atoms with Gasteiger partial charge in [-0.15, -0.1) is 0 Å². The molecule has 0 saturated carbocycles. The number of hydrogen-bond acceptors (Lipinski definition) is 1. The third-order valence-corrected chi connectivity index (χ3v) is 1.70. The van der Waals surface area contributed by atoms with Gasteiger partial charge in [0.2, 0.25) is 0 Å². The smallest absolute Gasteiger partial charge is 0.0296 e. The summed E-state index contributed by atoms with van der Waals surface area (Å²) in [4.78, 5) is 0. The fourth-order valence-corrected chi connectivity index (χ4v) is 0.842. The highest BCUT2D eigenvalue weighted by molar-refractivity contribution is 14.1. The molecule has 0 aromatic carbocycles. The highest BCUT2D eigenvalue weighted by atomic mass is 127. The Morgan fingerprint density at radius 1 is 1.64 bits per heavy atom. The maximum absolute atomic E-state index is 3.88. The molecule has 62 valence electrons. The van der Waals surface area contributed by atoms with E-state index in [0.29, 0.717) is 0 Å². The Balaban J connectivity index is 4.00. The Kier molecular flexibility index (Phi) is 6.31. The van der Waals surface area contributed by atoms with Crippen LogP contribution in [-0.4, -0.2) is 6.54 Å². The minimum atomic E-state index is 0.929. The van der Waals surface area contributed by atoms with Crippen LogP contribution in [0, 0.1) is 0 Å². The summed E-state index contributed by atoms with van der Waals surface area (Å²) in [5, 5.41) is 3.16. The SMILES string of the molecule is C=C(NCC)/C(C)=C\C=C\I. The minimum absolute atomic E-state index is 0.929. The van der Waals surface area contributed by atoms with E-state index >= 15 is 0 Å². The summed E-state index contributed by atoms with van der Waals surface area (Å²) >= 11 is 2.19.